The Balaban J connectivity index is 2.32. The van der Waals surface area contributed by atoms with Gasteiger partial charge in [-0.3, -0.25) is 0 Å². The van der Waals surface area contributed by atoms with Crippen molar-refractivity contribution < 1.29 is 8.42 Å². The molecule has 0 aliphatic carbocycles. The zero-order valence-electron chi connectivity index (χ0n) is 11.8. The maximum absolute atomic E-state index is 12.7. The SMILES string of the molecule is CCN(Cc1ccc(Br)s1)S(=O)(=O)c1ccc(C)c(N)c1. The first-order chi connectivity index (χ1) is 9.84. The van der Waals surface area contributed by atoms with Crippen LogP contribution in [0.5, 0.6) is 0 Å². The zero-order chi connectivity index (χ0) is 15.6. The minimum atomic E-state index is -3.53. The molecule has 0 spiro atoms. The summed E-state index contributed by atoms with van der Waals surface area (Å²) in [5, 5.41) is 0. The lowest BCUT2D eigenvalue weighted by Crippen LogP contribution is -2.30. The second-order valence-electron chi connectivity index (χ2n) is 4.66. The van der Waals surface area contributed by atoms with Crippen molar-refractivity contribution in [1.82, 2.24) is 4.31 Å². The number of thiophene rings is 1. The van der Waals surface area contributed by atoms with E-state index in [0.717, 1.165) is 14.2 Å². The molecule has 0 radical (unpaired) electrons. The average molecular weight is 389 g/mol. The molecule has 21 heavy (non-hydrogen) atoms. The summed E-state index contributed by atoms with van der Waals surface area (Å²) < 4.78 is 27.8. The van der Waals surface area contributed by atoms with Crippen molar-refractivity contribution in [3.8, 4) is 0 Å². The van der Waals surface area contributed by atoms with Crippen LogP contribution in [0.2, 0.25) is 0 Å². The zero-order valence-corrected chi connectivity index (χ0v) is 15.1. The first kappa shape index (κ1) is 16.5. The number of anilines is 1. The fraction of sp³-hybridized carbons (Fsp3) is 0.286. The van der Waals surface area contributed by atoms with Crippen molar-refractivity contribution in [2.45, 2.75) is 25.3 Å². The Labute approximate surface area is 137 Å². The van der Waals surface area contributed by atoms with Crippen molar-refractivity contribution in [2.24, 2.45) is 0 Å². The Morgan fingerprint density at radius 1 is 1.29 bits per heavy atom. The maximum Gasteiger partial charge on any atom is 0.243 e. The molecule has 0 bridgehead atoms. The van der Waals surface area contributed by atoms with Crippen LogP contribution in [0.4, 0.5) is 5.69 Å². The van der Waals surface area contributed by atoms with Gasteiger partial charge in [-0.15, -0.1) is 11.3 Å². The van der Waals surface area contributed by atoms with Gasteiger partial charge in [0.05, 0.1) is 8.68 Å². The summed E-state index contributed by atoms with van der Waals surface area (Å²) in [6.45, 7) is 4.46. The van der Waals surface area contributed by atoms with Gasteiger partial charge >= 0.3 is 0 Å². The molecule has 1 aromatic heterocycles. The van der Waals surface area contributed by atoms with Gasteiger partial charge in [-0.25, -0.2) is 8.42 Å². The summed E-state index contributed by atoms with van der Waals surface area (Å²) in [6, 6.07) is 8.71. The molecule has 0 saturated heterocycles. The largest absolute Gasteiger partial charge is 0.398 e. The summed E-state index contributed by atoms with van der Waals surface area (Å²) in [6.07, 6.45) is 0. The minimum Gasteiger partial charge on any atom is -0.398 e. The second-order valence-corrected chi connectivity index (χ2v) is 9.14. The van der Waals surface area contributed by atoms with Gasteiger partial charge in [0, 0.05) is 23.7 Å². The molecular weight excluding hydrogens is 372 g/mol. The number of benzene rings is 1. The Morgan fingerprint density at radius 2 is 2.00 bits per heavy atom. The van der Waals surface area contributed by atoms with Crippen molar-refractivity contribution in [3.63, 3.8) is 0 Å². The van der Waals surface area contributed by atoms with E-state index in [0.29, 0.717) is 18.8 Å². The monoisotopic (exact) mass is 388 g/mol. The van der Waals surface area contributed by atoms with Gasteiger partial charge in [0.2, 0.25) is 10.0 Å². The molecule has 0 saturated carbocycles. The number of hydrogen-bond donors (Lipinski definition) is 1. The normalized spacial score (nSPS) is 12.0. The van der Waals surface area contributed by atoms with Crippen LogP contribution in [-0.4, -0.2) is 19.3 Å². The standard InChI is InChI=1S/C14H17BrN2O2S2/c1-3-17(9-11-5-7-14(15)20-11)21(18,19)12-6-4-10(2)13(16)8-12/h4-8H,3,9,16H2,1-2H3. The van der Waals surface area contributed by atoms with Crippen molar-refractivity contribution in [1.29, 1.82) is 0 Å². The van der Waals surface area contributed by atoms with E-state index >= 15 is 0 Å². The molecule has 0 aliphatic rings. The first-order valence-electron chi connectivity index (χ1n) is 6.45. The van der Waals surface area contributed by atoms with Gasteiger partial charge in [-0.05, 0) is 52.7 Å². The lowest BCUT2D eigenvalue weighted by Gasteiger charge is -2.20. The fourth-order valence-corrected chi connectivity index (χ4v) is 4.95. The van der Waals surface area contributed by atoms with Gasteiger partial charge in [0.15, 0.2) is 0 Å². The van der Waals surface area contributed by atoms with Crippen LogP contribution in [-0.2, 0) is 16.6 Å². The quantitative estimate of drug-likeness (QED) is 0.795. The van der Waals surface area contributed by atoms with Crippen molar-refractivity contribution in [2.75, 3.05) is 12.3 Å². The second kappa shape index (κ2) is 6.48. The van der Waals surface area contributed by atoms with E-state index in [-0.39, 0.29) is 4.90 Å². The number of nitrogens with zero attached hydrogens (tertiary/aromatic N) is 1. The van der Waals surface area contributed by atoms with E-state index in [2.05, 4.69) is 15.9 Å². The number of hydrogen-bond acceptors (Lipinski definition) is 4. The highest BCUT2D eigenvalue weighted by atomic mass is 79.9. The first-order valence-corrected chi connectivity index (χ1v) is 9.50. The maximum atomic E-state index is 12.7. The van der Waals surface area contributed by atoms with Gasteiger partial charge in [0.25, 0.3) is 0 Å². The fourth-order valence-electron chi connectivity index (χ4n) is 1.91. The molecular formula is C14H17BrN2O2S2. The number of sulfonamides is 1. The van der Waals surface area contributed by atoms with Crippen LogP contribution in [0.3, 0.4) is 0 Å². The van der Waals surface area contributed by atoms with E-state index in [1.54, 1.807) is 12.1 Å². The molecule has 4 nitrogen and oxygen atoms in total. The Bertz CT molecular complexity index is 741. The molecule has 0 atom stereocenters. The molecule has 114 valence electrons. The molecule has 2 aromatic rings. The highest BCUT2D eigenvalue weighted by Gasteiger charge is 2.24. The summed E-state index contributed by atoms with van der Waals surface area (Å²) in [5.41, 5.74) is 7.19. The molecule has 1 aromatic carbocycles. The van der Waals surface area contributed by atoms with E-state index in [1.165, 1.54) is 21.7 Å². The Kier molecular flexibility index (Phi) is 5.08. The lowest BCUT2D eigenvalue weighted by molar-refractivity contribution is 0.426. The van der Waals surface area contributed by atoms with E-state index in [9.17, 15) is 8.42 Å². The Hall–Kier alpha value is -0.890. The van der Waals surface area contributed by atoms with Crippen LogP contribution < -0.4 is 5.73 Å². The predicted octanol–water partition coefficient (Wildman–Crippen LogP) is 3.61. The molecule has 0 amide bonds. The molecule has 0 unspecified atom stereocenters. The number of halogens is 1. The molecule has 1 heterocycles. The number of rotatable bonds is 5. The smallest absolute Gasteiger partial charge is 0.243 e. The third-order valence-electron chi connectivity index (χ3n) is 3.20. The lowest BCUT2D eigenvalue weighted by atomic mass is 10.2. The molecule has 0 aliphatic heterocycles. The van der Waals surface area contributed by atoms with Crippen LogP contribution in [0, 0.1) is 6.92 Å². The number of nitrogen functional groups attached to an aromatic ring is 1. The van der Waals surface area contributed by atoms with Crippen LogP contribution >= 0.6 is 27.3 Å². The summed E-state index contributed by atoms with van der Waals surface area (Å²) in [7, 11) is -3.53. The molecule has 2 rings (SSSR count). The summed E-state index contributed by atoms with van der Waals surface area (Å²) in [4.78, 5) is 1.23. The third-order valence-corrected chi connectivity index (χ3v) is 6.73. The molecule has 2 N–H and O–H groups in total. The van der Waals surface area contributed by atoms with Gasteiger partial charge in [-0.2, -0.15) is 4.31 Å². The summed E-state index contributed by atoms with van der Waals surface area (Å²) in [5.74, 6) is 0. The average Bonchev–Trinajstić information content (AvgIpc) is 2.84. The predicted molar refractivity (Wildman–Crippen MR) is 90.9 cm³/mol. The third kappa shape index (κ3) is 3.66. The van der Waals surface area contributed by atoms with Crippen LogP contribution in [0.1, 0.15) is 17.4 Å². The molecule has 7 heteroatoms. The van der Waals surface area contributed by atoms with E-state index < -0.39 is 10.0 Å². The van der Waals surface area contributed by atoms with Crippen LogP contribution in [0.15, 0.2) is 39.0 Å². The number of nitrogens with two attached hydrogens (primary N) is 1. The van der Waals surface area contributed by atoms with Crippen LogP contribution in [0.25, 0.3) is 0 Å². The highest BCUT2D eigenvalue weighted by molar-refractivity contribution is 9.11. The number of aryl methyl sites for hydroxylation is 1. The van der Waals surface area contributed by atoms with Gasteiger partial charge in [-0.1, -0.05) is 13.0 Å². The van der Waals surface area contributed by atoms with Crippen molar-refractivity contribution >= 4 is 43.0 Å². The van der Waals surface area contributed by atoms with E-state index in [1.807, 2.05) is 26.0 Å². The minimum absolute atomic E-state index is 0.239. The van der Waals surface area contributed by atoms with Crippen molar-refractivity contribution in [3.05, 3.63) is 44.6 Å². The van der Waals surface area contributed by atoms with Gasteiger partial charge < -0.3 is 5.73 Å². The summed E-state index contributed by atoms with van der Waals surface area (Å²) >= 11 is 4.93. The highest BCUT2D eigenvalue weighted by Crippen LogP contribution is 2.26. The Morgan fingerprint density at radius 3 is 2.52 bits per heavy atom. The topological polar surface area (TPSA) is 63.4 Å². The van der Waals surface area contributed by atoms with Gasteiger partial charge in [0.1, 0.15) is 0 Å². The van der Waals surface area contributed by atoms with E-state index in [4.69, 9.17) is 5.73 Å². The molecule has 0 fully saturated rings.